The zero-order chi connectivity index (χ0) is 15.0. The third kappa shape index (κ3) is 2.46. The Kier molecular flexibility index (Phi) is 3.33. The summed E-state index contributed by atoms with van der Waals surface area (Å²) in [6.45, 7) is 8.16. The van der Waals surface area contributed by atoms with Gasteiger partial charge >= 0.3 is 0 Å². The van der Waals surface area contributed by atoms with Gasteiger partial charge in [-0.2, -0.15) is 4.98 Å². The van der Waals surface area contributed by atoms with Crippen molar-refractivity contribution >= 4 is 11.1 Å². The molecule has 0 fully saturated rings. The number of aromatic nitrogens is 3. The Bertz CT molecular complexity index is 793. The Hall–Kier alpha value is -2.43. The van der Waals surface area contributed by atoms with Crippen molar-refractivity contribution in [1.82, 2.24) is 15.1 Å². The predicted octanol–water partition coefficient (Wildman–Crippen LogP) is 4.15. The summed E-state index contributed by atoms with van der Waals surface area (Å²) in [6.07, 6.45) is 1.42. The molecule has 0 aliphatic rings. The van der Waals surface area contributed by atoms with Gasteiger partial charge in [0.2, 0.25) is 5.88 Å². The normalized spacial score (nSPS) is 11.3. The van der Waals surface area contributed by atoms with Crippen molar-refractivity contribution in [2.75, 3.05) is 0 Å². The van der Waals surface area contributed by atoms with Crippen LogP contribution in [0.3, 0.4) is 0 Å². The molecule has 2 heterocycles. The predicted molar refractivity (Wildman–Crippen MR) is 79.7 cm³/mol. The molecule has 0 unspecified atom stereocenters. The van der Waals surface area contributed by atoms with E-state index in [1.807, 2.05) is 19.9 Å². The van der Waals surface area contributed by atoms with Gasteiger partial charge in [0.15, 0.2) is 0 Å². The highest BCUT2D eigenvalue weighted by molar-refractivity contribution is 5.81. The molecule has 3 aromatic rings. The van der Waals surface area contributed by atoms with E-state index >= 15 is 0 Å². The van der Waals surface area contributed by atoms with Crippen molar-refractivity contribution in [2.24, 2.45) is 0 Å². The van der Waals surface area contributed by atoms with Crippen LogP contribution in [0.25, 0.3) is 11.1 Å². The fraction of sp³-hybridized carbons (Fsp3) is 0.312. The molecule has 2 aromatic heterocycles. The summed E-state index contributed by atoms with van der Waals surface area (Å²) in [6, 6.07) is 6.20. The Morgan fingerprint density at radius 1 is 1.14 bits per heavy atom. The van der Waals surface area contributed by atoms with Crippen LogP contribution in [0.15, 0.2) is 29.0 Å². The molecule has 108 valence electrons. The second-order valence-corrected chi connectivity index (χ2v) is 5.43. The Labute approximate surface area is 123 Å². The Morgan fingerprint density at radius 2 is 1.95 bits per heavy atom. The van der Waals surface area contributed by atoms with Gasteiger partial charge in [-0.1, -0.05) is 31.1 Å². The fourth-order valence-electron chi connectivity index (χ4n) is 2.28. The molecular weight excluding hydrogens is 266 g/mol. The summed E-state index contributed by atoms with van der Waals surface area (Å²) >= 11 is 0. The largest absolute Gasteiger partial charge is 0.438 e. The third-order valence-electron chi connectivity index (χ3n) is 3.41. The van der Waals surface area contributed by atoms with Crippen molar-refractivity contribution in [1.29, 1.82) is 0 Å². The maximum Gasteiger partial charge on any atom is 0.264 e. The van der Waals surface area contributed by atoms with Gasteiger partial charge in [0, 0.05) is 0 Å². The maximum atomic E-state index is 6.05. The SMILES string of the molecule is Cc1ccc(C(C)C)c(Oc2ncnc3onc(C)c23)c1. The van der Waals surface area contributed by atoms with Crippen LogP contribution >= 0.6 is 0 Å². The van der Waals surface area contributed by atoms with Gasteiger partial charge < -0.3 is 9.26 Å². The summed E-state index contributed by atoms with van der Waals surface area (Å²) in [5.41, 5.74) is 3.44. The van der Waals surface area contributed by atoms with Crippen LogP contribution in [0.5, 0.6) is 11.6 Å². The topological polar surface area (TPSA) is 61.0 Å². The van der Waals surface area contributed by atoms with Crippen molar-refractivity contribution in [3.05, 3.63) is 41.3 Å². The first-order chi connectivity index (χ1) is 10.1. The van der Waals surface area contributed by atoms with Crippen molar-refractivity contribution in [2.45, 2.75) is 33.6 Å². The van der Waals surface area contributed by atoms with Gasteiger partial charge in [-0.15, -0.1) is 0 Å². The monoisotopic (exact) mass is 283 g/mol. The second kappa shape index (κ2) is 5.16. The van der Waals surface area contributed by atoms with E-state index in [4.69, 9.17) is 9.26 Å². The quantitative estimate of drug-likeness (QED) is 0.722. The van der Waals surface area contributed by atoms with Gasteiger partial charge in [-0.05, 0) is 37.0 Å². The van der Waals surface area contributed by atoms with Crippen LogP contribution < -0.4 is 4.74 Å². The number of aryl methyl sites for hydroxylation is 2. The molecule has 0 saturated heterocycles. The zero-order valence-electron chi connectivity index (χ0n) is 12.5. The van der Waals surface area contributed by atoms with Crippen LogP contribution in [-0.4, -0.2) is 15.1 Å². The van der Waals surface area contributed by atoms with E-state index in [1.165, 1.54) is 6.33 Å². The lowest BCUT2D eigenvalue weighted by Crippen LogP contribution is -1.97. The highest BCUT2D eigenvalue weighted by Gasteiger charge is 2.16. The van der Waals surface area contributed by atoms with Crippen LogP contribution in [0.1, 0.15) is 36.6 Å². The molecule has 5 nitrogen and oxygen atoms in total. The molecular formula is C16H17N3O2. The first-order valence-electron chi connectivity index (χ1n) is 6.91. The highest BCUT2D eigenvalue weighted by Crippen LogP contribution is 2.34. The molecule has 0 aliphatic heterocycles. The number of fused-ring (bicyclic) bond motifs is 1. The molecule has 0 spiro atoms. The van der Waals surface area contributed by atoms with Crippen LogP contribution in [0.4, 0.5) is 0 Å². The number of hydrogen-bond acceptors (Lipinski definition) is 5. The molecule has 0 atom stereocenters. The zero-order valence-corrected chi connectivity index (χ0v) is 12.5. The first-order valence-corrected chi connectivity index (χ1v) is 6.91. The molecule has 5 heteroatoms. The highest BCUT2D eigenvalue weighted by atomic mass is 16.5. The van der Waals surface area contributed by atoms with Gasteiger partial charge in [0.25, 0.3) is 5.71 Å². The van der Waals surface area contributed by atoms with E-state index in [1.54, 1.807) is 0 Å². The minimum Gasteiger partial charge on any atom is -0.438 e. The van der Waals surface area contributed by atoms with E-state index in [0.29, 0.717) is 22.9 Å². The van der Waals surface area contributed by atoms with E-state index in [0.717, 1.165) is 22.6 Å². The summed E-state index contributed by atoms with van der Waals surface area (Å²) in [7, 11) is 0. The minimum atomic E-state index is 0.362. The van der Waals surface area contributed by atoms with Crippen LogP contribution in [0, 0.1) is 13.8 Å². The number of benzene rings is 1. The molecule has 3 rings (SSSR count). The molecule has 0 amide bonds. The lowest BCUT2D eigenvalue weighted by molar-refractivity contribution is 0.440. The smallest absolute Gasteiger partial charge is 0.264 e. The molecule has 0 radical (unpaired) electrons. The summed E-state index contributed by atoms with van der Waals surface area (Å²) in [5, 5.41) is 4.63. The summed E-state index contributed by atoms with van der Waals surface area (Å²) < 4.78 is 11.2. The van der Waals surface area contributed by atoms with Crippen molar-refractivity contribution < 1.29 is 9.26 Å². The maximum absolute atomic E-state index is 6.05. The lowest BCUT2D eigenvalue weighted by Gasteiger charge is -2.14. The average molecular weight is 283 g/mol. The van der Waals surface area contributed by atoms with Crippen LogP contribution in [-0.2, 0) is 0 Å². The van der Waals surface area contributed by atoms with Gasteiger partial charge in [-0.25, -0.2) is 4.98 Å². The molecule has 1 aromatic carbocycles. The molecule has 0 aliphatic carbocycles. The number of ether oxygens (including phenoxy) is 1. The van der Waals surface area contributed by atoms with Gasteiger partial charge in [0.05, 0.1) is 5.69 Å². The van der Waals surface area contributed by atoms with Crippen molar-refractivity contribution in [3.8, 4) is 11.6 Å². The van der Waals surface area contributed by atoms with Crippen LogP contribution in [0.2, 0.25) is 0 Å². The standard InChI is InChI=1S/C16H17N3O2/c1-9(2)12-6-5-10(3)7-13(12)20-15-14-11(4)19-21-16(14)18-8-17-15/h5-9H,1-4H3. The van der Waals surface area contributed by atoms with E-state index < -0.39 is 0 Å². The second-order valence-electron chi connectivity index (χ2n) is 5.43. The van der Waals surface area contributed by atoms with Gasteiger partial charge in [-0.3, -0.25) is 0 Å². The Morgan fingerprint density at radius 3 is 2.71 bits per heavy atom. The van der Waals surface area contributed by atoms with E-state index in [2.05, 4.69) is 41.1 Å². The van der Waals surface area contributed by atoms with E-state index in [9.17, 15) is 0 Å². The molecule has 0 bridgehead atoms. The average Bonchev–Trinajstić information content (AvgIpc) is 2.81. The molecule has 0 saturated carbocycles. The summed E-state index contributed by atoms with van der Waals surface area (Å²) in [4.78, 5) is 8.29. The molecule has 21 heavy (non-hydrogen) atoms. The molecule has 0 N–H and O–H groups in total. The van der Waals surface area contributed by atoms with Gasteiger partial charge in [0.1, 0.15) is 17.5 Å². The fourth-order valence-corrected chi connectivity index (χ4v) is 2.28. The van der Waals surface area contributed by atoms with Crippen molar-refractivity contribution in [3.63, 3.8) is 0 Å². The number of hydrogen-bond donors (Lipinski definition) is 0. The lowest BCUT2D eigenvalue weighted by atomic mass is 10.0. The minimum absolute atomic E-state index is 0.362. The van der Waals surface area contributed by atoms with E-state index in [-0.39, 0.29) is 0 Å². The number of nitrogens with zero attached hydrogens (tertiary/aromatic N) is 3. The Balaban J connectivity index is 2.10. The number of rotatable bonds is 3. The third-order valence-corrected chi connectivity index (χ3v) is 3.41. The summed E-state index contributed by atoms with van der Waals surface area (Å²) in [5.74, 6) is 1.65. The first kappa shape index (κ1) is 13.5.